The van der Waals surface area contributed by atoms with Crippen molar-refractivity contribution in [1.29, 1.82) is 0 Å². The number of anilines is 1. The van der Waals surface area contributed by atoms with Crippen LogP contribution in [0.15, 0.2) is 23.8 Å². The normalized spacial score (nSPS) is 10.1. The van der Waals surface area contributed by atoms with Crippen molar-refractivity contribution < 1.29 is 4.79 Å². The van der Waals surface area contributed by atoms with Gasteiger partial charge in [0, 0.05) is 12.4 Å². The minimum atomic E-state index is -0.0840. The highest BCUT2D eigenvalue weighted by atomic mass is 32.1. The van der Waals surface area contributed by atoms with Crippen LogP contribution in [0.1, 0.15) is 16.1 Å². The molecule has 0 aliphatic carbocycles. The maximum Gasteiger partial charge on any atom is 0.260 e. The minimum Gasteiger partial charge on any atom is -0.310 e. The van der Waals surface area contributed by atoms with Gasteiger partial charge in [-0.1, -0.05) is 0 Å². The molecule has 5 nitrogen and oxygen atoms in total. The summed E-state index contributed by atoms with van der Waals surface area (Å²) in [6, 6.07) is 1.74. The second-order valence-electron chi connectivity index (χ2n) is 3.28. The molecule has 0 aromatic carbocycles. The van der Waals surface area contributed by atoms with Gasteiger partial charge in [0.15, 0.2) is 0 Å². The van der Waals surface area contributed by atoms with Gasteiger partial charge in [-0.2, -0.15) is 14.6 Å². The minimum absolute atomic E-state index is 0.0840. The number of amides is 1. The van der Waals surface area contributed by atoms with E-state index in [9.17, 15) is 4.79 Å². The molecule has 1 amide bonds. The van der Waals surface area contributed by atoms with E-state index in [4.69, 9.17) is 0 Å². The number of hydrogen-bond acceptors (Lipinski definition) is 5. The van der Waals surface area contributed by atoms with E-state index in [0.29, 0.717) is 11.3 Å². The van der Waals surface area contributed by atoms with Gasteiger partial charge in [-0.05, 0) is 24.5 Å². The highest BCUT2D eigenvalue weighted by molar-refractivity contribution is 7.04. The van der Waals surface area contributed by atoms with Gasteiger partial charge in [0.25, 0.3) is 5.91 Å². The summed E-state index contributed by atoms with van der Waals surface area (Å²) in [7, 11) is 1.70. The highest BCUT2D eigenvalue weighted by Gasteiger charge is 2.17. The van der Waals surface area contributed by atoms with E-state index in [1.165, 1.54) is 16.4 Å². The lowest BCUT2D eigenvalue weighted by Crippen LogP contribution is -2.26. The number of nitrogens with zero attached hydrogens (tertiary/aromatic N) is 4. The molecule has 82 valence electrons. The molecule has 0 aliphatic rings. The first-order chi connectivity index (χ1) is 7.70. The molecule has 16 heavy (non-hydrogen) atoms. The van der Waals surface area contributed by atoms with Crippen molar-refractivity contribution in [2.45, 2.75) is 6.92 Å². The molecule has 0 N–H and O–H groups in total. The number of rotatable bonds is 2. The van der Waals surface area contributed by atoms with Crippen molar-refractivity contribution in [3.8, 4) is 0 Å². The zero-order valence-electron chi connectivity index (χ0n) is 8.91. The fraction of sp³-hybridized carbons (Fsp3) is 0.200. The SMILES string of the molecule is Cc1nscc1C(=O)N(C)c1ccnnc1. The Bertz CT molecular complexity index is 497. The monoisotopic (exact) mass is 234 g/mol. The third-order valence-corrected chi connectivity index (χ3v) is 2.96. The zero-order valence-corrected chi connectivity index (χ0v) is 9.73. The predicted octanol–water partition coefficient (Wildman–Crippen LogP) is 1.52. The third-order valence-electron chi connectivity index (χ3n) is 2.24. The van der Waals surface area contributed by atoms with Crippen LogP contribution in [0, 0.1) is 6.92 Å². The topological polar surface area (TPSA) is 59.0 Å². The van der Waals surface area contributed by atoms with E-state index in [2.05, 4.69) is 14.6 Å². The van der Waals surface area contributed by atoms with Crippen LogP contribution < -0.4 is 4.90 Å². The van der Waals surface area contributed by atoms with Gasteiger partial charge in [0.2, 0.25) is 0 Å². The Kier molecular flexibility index (Phi) is 2.91. The summed E-state index contributed by atoms with van der Waals surface area (Å²) in [5, 5.41) is 9.16. The standard InChI is InChI=1S/C10H10N4OS/c1-7-9(6-16-13-7)10(15)14(2)8-3-4-11-12-5-8/h3-6H,1-2H3. The Hall–Kier alpha value is -1.82. The summed E-state index contributed by atoms with van der Waals surface area (Å²) in [5.41, 5.74) is 2.10. The van der Waals surface area contributed by atoms with Crippen molar-refractivity contribution >= 4 is 23.1 Å². The van der Waals surface area contributed by atoms with Gasteiger partial charge in [-0.15, -0.1) is 0 Å². The fourth-order valence-corrected chi connectivity index (χ4v) is 1.96. The van der Waals surface area contributed by atoms with Crippen molar-refractivity contribution in [3.63, 3.8) is 0 Å². The van der Waals surface area contributed by atoms with E-state index in [1.807, 2.05) is 6.92 Å². The molecule has 6 heteroatoms. The van der Waals surface area contributed by atoms with E-state index in [0.717, 1.165) is 5.69 Å². The van der Waals surface area contributed by atoms with Crippen molar-refractivity contribution in [2.24, 2.45) is 0 Å². The first-order valence-corrected chi connectivity index (χ1v) is 5.49. The van der Waals surface area contributed by atoms with Crippen LogP contribution in [-0.2, 0) is 0 Å². The molecule has 0 radical (unpaired) electrons. The van der Waals surface area contributed by atoms with Gasteiger partial charge >= 0.3 is 0 Å². The van der Waals surface area contributed by atoms with Crippen LogP contribution in [0.25, 0.3) is 0 Å². The molecule has 0 fully saturated rings. The Morgan fingerprint density at radius 2 is 2.25 bits per heavy atom. The van der Waals surface area contributed by atoms with Gasteiger partial charge in [-0.25, -0.2) is 0 Å². The molecule has 2 heterocycles. The maximum atomic E-state index is 12.1. The molecule has 2 aromatic rings. The van der Waals surface area contributed by atoms with Crippen molar-refractivity contribution in [1.82, 2.24) is 14.6 Å². The van der Waals surface area contributed by atoms with Gasteiger partial charge in [0.1, 0.15) is 0 Å². The molecule has 0 spiro atoms. The van der Waals surface area contributed by atoms with E-state index >= 15 is 0 Å². The molecule has 2 rings (SSSR count). The van der Waals surface area contributed by atoms with Gasteiger partial charge < -0.3 is 4.90 Å². The molecule has 0 saturated heterocycles. The average Bonchev–Trinajstić information content (AvgIpc) is 2.75. The molecule has 0 aliphatic heterocycles. The van der Waals surface area contributed by atoms with Crippen LogP contribution in [0.3, 0.4) is 0 Å². The maximum absolute atomic E-state index is 12.1. The van der Waals surface area contributed by atoms with E-state index in [-0.39, 0.29) is 5.91 Å². The van der Waals surface area contributed by atoms with E-state index < -0.39 is 0 Å². The molecule has 0 bridgehead atoms. The van der Waals surface area contributed by atoms with Crippen LogP contribution in [0.2, 0.25) is 0 Å². The van der Waals surface area contributed by atoms with Crippen LogP contribution >= 0.6 is 11.5 Å². The summed E-state index contributed by atoms with van der Waals surface area (Å²) < 4.78 is 4.08. The van der Waals surface area contributed by atoms with E-state index in [1.54, 1.807) is 30.9 Å². The highest BCUT2D eigenvalue weighted by Crippen LogP contribution is 2.16. The molecule has 0 saturated carbocycles. The van der Waals surface area contributed by atoms with Crippen LogP contribution in [0.4, 0.5) is 5.69 Å². The fourth-order valence-electron chi connectivity index (χ4n) is 1.28. The number of hydrogen-bond donors (Lipinski definition) is 0. The van der Waals surface area contributed by atoms with Gasteiger partial charge in [-0.3, -0.25) is 4.79 Å². The average molecular weight is 234 g/mol. The predicted molar refractivity (Wildman–Crippen MR) is 61.6 cm³/mol. The molecular formula is C10H10N4OS. The summed E-state index contributed by atoms with van der Waals surface area (Å²) in [5.74, 6) is -0.0840. The number of carbonyl (C=O) groups is 1. The Labute approximate surface area is 96.9 Å². The third kappa shape index (κ3) is 1.92. The smallest absolute Gasteiger partial charge is 0.260 e. The Morgan fingerprint density at radius 3 is 2.81 bits per heavy atom. The van der Waals surface area contributed by atoms with Crippen LogP contribution in [-0.4, -0.2) is 27.5 Å². The lowest BCUT2D eigenvalue weighted by molar-refractivity contribution is 0.0992. The second-order valence-corrected chi connectivity index (χ2v) is 3.91. The summed E-state index contributed by atoms with van der Waals surface area (Å²) in [6.45, 7) is 1.82. The summed E-state index contributed by atoms with van der Waals surface area (Å²) in [6.07, 6.45) is 3.10. The van der Waals surface area contributed by atoms with Crippen LogP contribution in [0.5, 0.6) is 0 Å². The molecule has 0 unspecified atom stereocenters. The summed E-state index contributed by atoms with van der Waals surface area (Å²) >= 11 is 1.28. The number of aryl methyl sites for hydroxylation is 1. The van der Waals surface area contributed by atoms with Gasteiger partial charge in [0.05, 0.1) is 29.3 Å². The first kappa shape index (κ1) is 10.7. The molecular weight excluding hydrogens is 224 g/mol. The lowest BCUT2D eigenvalue weighted by atomic mass is 10.2. The second kappa shape index (κ2) is 4.36. The quantitative estimate of drug-likeness (QED) is 0.790. The molecule has 2 aromatic heterocycles. The van der Waals surface area contributed by atoms with Crippen molar-refractivity contribution in [3.05, 3.63) is 35.1 Å². The lowest BCUT2D eigenvalue weighted by Gasteiger charge is -2.15. The largest absolute Gasteiger partial charge is 0.310 e. The Morgan fingerprint density at radius 1 is 1.44 bits per heavy atom. The zero-order chi connectivity index (χ0) is 11.5. The number of carbonyl (C=O) groups excluding carboxylic acids is 1. The van der Waals surface area contributed by atoms with Crippen molar-refractivity contribution in [2.75, 3.05) is 11.9 Å². The number of aromatic nitrogens is 3. The summed E-state index contributed by atoms with van der Waals surface area (Å²) in [4.78, 5) is 13.6. The Balaban J connectivity index is 2.27. The first-order valence-electron chi connectivity index (χ1n) is 4.66. The molecule has 0 atom stereocenters.